The molecule has 0 saturated heterocycles. The van der Waals surface area contributed by atoms with Crippen LogP contribution in [0, 0.1) is 19.7 Å². The topological polar surface area (TPSA) is 15.8 Å². The van der Waals surface area contributed by atoms with Gasteiger partial charge in [-0.3, -0.25) is 6.08 Å². The number of hydrogen-bond donors (Lipinski definition) is 1. The molecule has 104 valence electrons. The summed E-state index contributed by atoms with van der Waals surface area (Å²) in [5.41, 5.74) is 1.15. The first-order chi connectivity index (χ1) is 7.97. The second kappa shape index (κ2) is 15.6. The molecule has 3 rings (SSSR count). The van der Waals surface area contributed by atoms with Crippen molar-refractivity contribution in [2.24, 2.45) is 0 Å². The average Bonchev–Trinajstić information content (AvgIpc) is 3.06. The Morgan fingerprint density at radius 2 is 1.84 bits per heavy atom. The van der Waals surface area contributed by atoms with Crippen molar-refractivity contribution in [1.29, 1.82) is 0 Å². The molecule has 0 aliphatic heterocycles. The summed E-state index contributed by atoms with van der Waals surface area (Å²) in [4.78, 5) is 2.99. The summed E-state index contributed by atoms with van der Waals surface area (Å²) in [6, 6.07) is 10.1. The van der Waals surface area contributed by atoms with Gasteiger partial charge in [0, 0.05) is 0 Å². The average molecular weight is 374 g/mol. The monoisotopic (exact) mass is 372 g/mol. The minimum Gasteiger partial charge on any atom is -0.477 e. The van der Waals surface area contributed by atoms with E-state index in [0.29, 0.717) is 0 Å². The third-order valence-corrected chi connectivity index (χ3v) is 1.98. The maximum Gasteiger partial charge on any atom is -0.0745 e. The summed E-state index contributed by atoms with van der Waals surface area (Å²) in [5.74, 6) is 0. The van der Waals surface area contributed by atoms with Crippen molar-refractivity contribution in [2.45, 2.75) is 6.42 Å². The van der Waals surface area contributed by atoms with E-state index in [1.807, 2.05) is 36.4 Å². The Hall–Kier alpha value is -0.427. The van der Waals surface area contributed by atoms with Crippen LogP contribution in [0.1, 0.15) is 6.42 Å². The first-order valence-electron chi connectivity index (χ1n) is 4.98. The molecule has 1 nitrogen and oxygen atoms in total. The number of halogens is 2. The molecular formula is C15H18Cl2NZr-3. The number of allylic oxidation sites excluding steroid dienone is 4. The van der Waals surface area contributed by atoms with E-state index in [2.05, 4.69) is 33.6 Å². The first kappa shape index (κ1) is 23.7. The van der Waals surface area contributed by atoms with E-state index in [-0.39, 0.29) is 32.2 Å². The van der Waals surface area contributed by atoms with Crippen LogP contribution in [0.25, 0.3) is 10.9 Å². The van der Waals surface area contributed by atoms with Crippen LogP contribution in [0.4, 0.5) is 0 Å². The van der Waals surface area contributed by atoms with E-state index >= 15 is 0 Å². The Morgan fingerprint density at radius 3 is 2.32 bits per heavy atom. The number of para-hydroxylation sites is 1. The largest absolute Gasteiger partial charge is 0.477 e. The van der Waals surface area contributed by atoms with Gasteiger partial charge < -0.3 is 12.4 Å². The maximum atomic E-state index is 3.34. The van der Waals surface area contributed by atoms with E-state index in [4.69, 9.17) is 0 Å². The summed E-state index contributed by atoms with van der Waals surface area (Å²) in [5, 5.41) is 1.22. The summed E-state index contributed by atoms with van der Waals surface area (Å²) in [6.07, 6.45) is 12.9. The van der Waals surface area contributed by atoms with Gasteiger partial charge in [-0.15, -0.1) is 55.1 Å². The van der Waals surface area contributed by atoms with Crippen molar-refractivity contribution < 1.29 is 24.2 Å². The van der Waals surface area contributed by atoms with Crippen molar-refractivity contribution in [3.63, 3.8) is 0 Å². The van der Waals surface area contributed by atoms with E-state index in [0.717, 1.165) is 11.9 Å². The van der Waals surface area contributed by atoms with Crippen LogP contribution in [0.3, 0.4) is 0 Å². The smallest absolute Gasteiger partial charge is 0.0745 e. The van der Waals surface area contributed by atoms with Gasteiger partial charge in [0.25, 0.3) is 0 Å². The van der Waals surface area contributed by atoms with E-state index in [1.165, 1.54) is 29.6 Å². The number of rotatable bonds is 0. The SMILES string of the molecule is Cl.Cl.[C-]1=CC=CC1.[CH2]=[Zr].[CH3-].[c-]1cc2ccccc2[nH]1. The predicted octanol–water partition coefficient (Wildman–Crippen LogP) is 4.53. The van der Waals surface area contributed by atoms with Crippen molar-refractivity contribution >= 4 is 39.9 Å². The molecule has 0 amide bonds. The van der Waals surface area contributed by atoms with Gasteiger partial charge in [0.2, 0.25) is 0 Å². The van der Waals surface area contributed by atoms with Crippen LogP contribution in [0.15, 0.2) is 48.6 Å². The standard InChI is InChI=1S/C8H6N.C5H5.CH3.CH2.2ClH.Zr/c1-2-4-8-7(3-1)5-6-9-8;1-2-4-5-3-1;;;;;/h1-5,9H;1-3H,4H2;1H3;1H2;2*1H;/q3*-1;;;;. The number of fused-ring (bicyclic) bond motifs is 1. The molecule has 0 atom stereocenters. The van der Waals surface area contributed by atoms with Crippen LogP contribution < -0.4 is 0 Å². The minimum atomic E-state index is 0. The molecular weight excluding hydrogens is 356 g/mol. The van der Waals surface area contributed by atoms with Crippen LogP contribution in [0.2, 0.25) is 0 Å². The van der Waals surface area contributed by atoms with Crippen molar-refractivity contribution in [3.05, 3.63) is 68.3 Å². The number of H-pyrrole nitrogens is 1. The van der Waals surface area contributed by atoms with E-state index in [9.17, 15) is 0 Å². The third-order valence-electron chi connectivity index (χ3n) is 1.98. The summed E-state index contributed by atoms with van der Waals surface area (Å²) in [6.45, 7) is 0. The molecule has 1 aliphatic carbocycles. The number of aromatic nitrogens is 1. The van der Waals surface area contributed by atoms with Gasteiger partial charge in [0.15, 0.2) is 0 Å². The summed E-state index contributed by atoms with van der Waals surface area (Å²) >= 11 is 1.30. The molecule has 0 radical (unpaired) electrons. The van der Waals surface area contributed by atoms with Crippen LogP contribution in [-0.2, 0) is 24.2 Å². The van der Waals surface area contributed by atoms with Crippen LogP contribution >= 0.6 is 24.8 Å². The number of benzene rings is 1. The third kappa shape index (κ3) is 9.16. The quantitative estimate of drug-likeness (QED) is 0.652. The van der Waals surface area contributed by atoms with Gasteiger partial charge in [0.1, 0.15) is 0 Å². The molecule has 0 fully saturated rings. The molecule has 0 spiro atoms. The molecule has 1 aliphatic rings. The van der Waals surface area contributed by atoms with Gasteiger partial charge in [-0.1, -0.05) is 12.1 Å². The summed E-state index contributed by atoms with van der Waals surface area (Å²) < 4.78 is 3.34. The van der Waals surface area contributed by atoms with Gasteiger partial charge >= 0.3 is 28.4 Å². The van der Waals surface area contributed by atoms with Gasteiger partial charge in [-0.25, -0.2) is 12.2 Å². The fourth-order valence-electron chi connectivity index (χ4n) is 1.27. The molecule has 1 aromatic carbocycles. The molecule has 1 aromatic heterocycles. The molecule has 19 heavy (non-hydrogen) atoms. The Bertz CT molecular complexity index is 437. The van der Waals surface area contributed by atoms with Crippen LogP contribution in [0.5, 0.6) is 0 Å². The Morgan fingerprint density at radius 1 is 1.16 bits per heavy atom. The second-order valence-corrected chi connectivity index (χ2v) is 3.00. The van der Waals surface area contributed by atoms with E-state index in [1.54, 1.807) is 0 Å². The number of hydrogen-bond acceptors (Lipinski definition) is 0. The molecule has 1 heterocycles. The Kier molecular flexibility index (Phi) is 19.5. The Labute approximate surface area is 143 Å². The zero-order valence-electron chi connectivity index (χ0n) is 10.8. The van der Waals surface area contributed by atoms with Crippen molar-refractivity contribution in [3.8, 4) is 0 Å². The first-order valence-corrected chi connectivity index (χ1v) is 6.71. The summed E-state index contributed by atoms with van der Waals surface area (Å²) in [7, 11) is 0. The Balaban J connectivity index is -0.000000227. The van der Waals surface area contributed by atoms with Gasteiger partial charge in [-0.2, -0.15) is 17.5 Å². The number of aromatic amines is 1. The zero-order valence-corrected chi connectivity index (χ0v) is 14.9. The molecule has 0 bridgehead atoms. The van der Waals surface area contributed by atoms with Gasteiger partial charge in [0.05, 0.1) is 0 Å². The molecule has 2 aromatic rings. The van der Waals surface area contributed by atoms with Gasteiger partial charge in [-0.05, 0) is 0 Å². The second-order valence-electron chi connectivity index (χ2n) is 3.00. The van der Waals surface area contributed by atoms with Crippen LogP contribution in [-0.4, -0.2) is 9.20 Å². The molecule has 0 unspecified atom stereocenters. The maximum absolute atomic E-state index is 3.34. The fourth-order valence-corrected chi connectivity index (χ4v) is 1.27. The zero-order chi connectivity index (χ0) is 11.6. The normalized spacial score (nSPS) is 9.63. The molecule has 4 heteroatoms. The predicted molar refractivity (Wildman–Crippen MR) is 86.7 cm³/mol. The molecule has 0 saturated carbocycles. The number of nitrogens with one attached hydrogen (secondary N) is 1. The van der Waals surface area contributed by atoms with E-state index < -0.39 is 0 Å². The van der Waals surface area contributed by atoms with Crippen molar-refractivity contribution in [2.75, 3.05) is 0 Å². The molecule has 1 N–H and O–H groups in total. The minimum absolute atomic E-state index is 0. The fraction of sp³-hybridized carbons (Fsp3) is 0.0667. The van der Waals surface area contributed by atoms with Crippen molar-refractivity contribution in [1.82, 2.24) is 4.98 Å².